The van der Waals surface area contributed by atoms with E-state index in [1.807, 2.05) is 0 Å². The average Bonchev–Trinajstić information content (AvgIpc) is 3.04. The molecule has 0 amide bonds. The minimum atomic E-state index is -4.95. The third kappa shape index (κ3) is 2.74. The molecule has 28 heavy (non-hydrogen) atoms. The number of benzene rings is 1. The molecule has 2 aliphatic heterocycles. The largest absolute Gasteiger partial charge is 0.573 e. The second kappa shape index (κ2) is 5.79. The number of hydrogen-bond donors (Lipinski definition) is 0. The summed E-state index contributed by atoms with van der Waals surface area (Å²) in [6, 6.07) is 3.41. The molecule has 7 nitrogen and oxygen atoms in total. The van der Waals surface area contributed by atoms with Crippen LogP contribution in [0.25, 0.3) is 0 Å². The molecule has 0 N–H and O–H groups in total. The number of cyclic esters (lactones) is 4. The molecule has 0 aromatic heterocycles. The van der Waals surface area contributed by atoms with Crippen LogP contribution < -0.4 is 4.74 Å². The Kier molecular flexibility index (Phi) is 3.82. The first-order chi connectivity index (χ1) is 13.0. The van der Waals surface area contributed by atoms with Gasteiger partial charge in [-0.2, -0.15) is 0 Å². The standard InChI is InChI=1S/C18H13F3O7/c1-17(11-5-12(22)26-15(11)24)6-9-13(16(25)27-14(9)23)8-4-7(2-3-10(8)17)28-18(19,20)21/h2-4,9,11,13H,5-6H2,1H3. The highest BCUT2D eigenvalue weighted by atomic mass is 19.4. The fraction of sp³-hybridized carbons (Fsp3) is 0.444. The van der Waals surface area contributed by atoms with E-state index in [-0.39, 0.29) is 18.4 Å². The van der Waals surface area contributed by atoms with E-state index in [1.165, 1.54) is 6.07 Å². The highest BCUT2D eigenvalue weighted by molar-refractivity contribution is 6.01. The van der Waals surface area contributed by atoms with Crippen LogP contribution in [0.1, 0.15) is 36.8 Å². The minimum Gasteiger partial charge on any atom is -0.406 e. The van der Waals surface area contributed by atoms with Crippen molar-refractivity contribution in [3.05, 3.63) is 29.3 Å². The van der Waals surface area contributed by atoms with Crippen molar-refractivity contribution in [3.8, 4) is 5.75 Å². The van der Waals surface area contributed by atoms with E-state index in [0.717, 1.165) is 12.1 Å². The Bertz CT molecular complexity index is 922. The predicted molar refractivity (Wildman–Crippen MR) is 81.6 cm³/mol. The number of esters is 4. The smallest absolute Gasteiger partial charge is 0.406 e. The topological polar surface area (TPSA) is 96.0 Å². The van der Waals surface area contributed by atoms with E-state index in [2.05, 4.69) is 14.2 Å². The predicted octanol–water partition coefficient (Wildman–Crippen LogP) is 2.12. The van der Waals surface area contributed by atoms with Crippen LogP contribution in [0.4, 0.5) is 13.2 Å². The lowest BCUT2D eigenvalue weighted by Gasteiger charge is -2.42. The summed E-state index contributed by atoms with van der Waals surface area (Å²) in [5.41, 5.74) is -0.616. The van der Waals surface area contributed by atoms with Gasteiger partial charge in [0.05, 0.1) is 24.2 Å². The monoisotopic (exact) mass is 398 g/mol. The zero-order valence-electron chi connectivity index (χ0n) is 14.4. The summed E-state index contributed by atoms with van der Waals surface area (Å²) in [6.07, 6.45) is -5.16. The summed E-state index contributed by atoms with van der Waals surface area (Å²) in [7, 11) is 0. The molecular weight excluding hydrogens is 385 g/mol. The van der Waals surface area contributed by atoms with Crippen LogP contribution in [0, 0.1) is 11.8 Å². The highest BCUT2D eigenvalue weighted by Crippen LogP contribution is 2.55. The van der Waals surface area contributed by atoms with Crippen LogP contribution in [0.3, 0.4) is 0 Å². The number of alkyl halides is 3. The Hall–Kier alpha value is -2.91. The molecule has 2 fully saturated rings. The van der Waals surface area contributed by atoms with Gasteiger partial charge in [0, 0.05) is 5.41 Å². The number of carbonyl (C=O) groups excluding carboxylic acids is 4. The number of ether oxygens (including phenoxy) is 3. The fourth-order valence-corrected chi connectivity index (χ4v) is 4.46. The lowest BCUT2D eigenvalue weighted by Crippen LogP contribution is -2.43. The maximum atomic E-state index is 12.6. The average molecular weight is 398 g/mol. The van der Waals surface area contributed by atoms with Gasteiger partial charge in [-0.15, -0.1) is 13.2 Å². The summed E-state index contributed by atoms with van der Waals surface area (Å²) >= 11 is 0. The second-order valence-electron chi connectivity index (χ2n) is 7.29. The van der Waals surface area contributed by atoms with Crippen LogP contribution in [-0.4, -0.2) is 30.2 Å². The van der Waals surface area contributed by atoms with E-state index in [9.17, 15) is 32.3 Å². The molecule has 0 spiro atoms. The van der Waals surface area contributed by atoms with E-state index >= 15 is 0 Å². The quantitative estimate of drug-likeness (QED) is 0.556. The molecule has 148 valence electrons. The summed E-state index contributed by atoms with van der Waals surface area (Å²) in [5, 5.41) is 0. The lowest BCUT2D eigenvalue weighted by atomic mass is 9.58. The molecule has 10 heteroatoms. The molecule has 0 saturated carbocycles. The first kappa shape index (κ1) is 18.5. The van der Waals surface area contributed by atoms with Crippen molar-refractivity contribution in [2.75, 3.05) is 0 Å². The molecule has 2 heterocycles. The normalized spacial score (nSPS) is 31.9. The second-order valence-corrected chi connectivity index (χ2v) is 7.29. The van der Waals surface area contributed by atoms with E-state index in [4.69, 9.17) is 0 Å². The molecule has 1 aromatic carbocycles. The third-order valence-corrected chi connectivity index (χ3v) is 5.65. The Morgan fingerprint density at radius 1 is 1.07 bits per heavy atom. The first-order valence-electron chi connectivity index (χ1n) is 8.40. The van der Waals surface area contributed by atoms with Crippen LogP contribution in [0.5, 0.6) is 5.75 Å². The molecule has 2 saturated heterocycles. The Balaban J connectivity index is 1.86. The van der Waals surface area contributed by atoms with Gasteiger partial charge in [-0.1, -0.05) is 13.0 Å². The molecule has 4 rings (SSSR count). The fourth-order valence-electron chi connectivity index (χ4n) is 4.46. The molecule has 0 radical (unpaired) electrons. The van der Waals surface area contributed by atoms with Crippen molar-refractivity contribution >= 4 is 23.9 Å². The van der Waals surface area contributed by atoms with E-state index in [0.29, 0.717) is 5.56 Å². The first-order valence-corrected chi connectivity index (χ1v) is 8.40. The lowest BCUT2D eigenvalue weighted by molar-refractivity contribution is -0.274. The Morgan fingerprint density at radius 2 is 1.79 bits per heavy atom. The SMILES string of the molecule is CC1(C2CC(=O)OC2=O)CC2C(=O)OC(=O)C2c2cc(OC(F)(F)F)ccc21. The molecule has 1 aromatic rings. The van der Waals surface area contributed by atoms with E-state index < -0.39 is 59.2 Å². The van der Waals surface area contributed by atoms with Crippen molar-refractivity contribution in [2.45, 2.75) is 37.5 Å². The van der Waals surface area contributed by atoms with Gasteiger partial charge in [0.2, 0.25) is 0 Å². The summed E-state index contributed by atoms with van der Waals surface area (Å²) in [6.45, 7) is 1.62. The van der Waals surface area contributed by atoms with Gasteiger partial charge in [-0.3, -0.25) is 19.2 Å². The van der Waals surface area contributed by atoms with Gasteiger partial charge in [0.25, 0.3) is 0 Å². The zero-order valence-corrected chi connectivity index (χ0v) is 14.4. The molecule has 4 atom stereocenters. The van der Waals surface area contributed by atoms with Crippen molar-refractivity contribution in [3.63, 3.8) is 0 Å². The maximum absolute atomic E-state index is 12.6. The van der Waals surface area contributed by atoms with Crippen molar-refractivity contribution in [2.24, 2.45) is 11.8 Å². The molecular formula is C18H13F3O7. The van der Waals surface area contributed by atoms with Gasteiger partial charge in [-0.05, 0) is 29.7 Å². The summed E-state index contributed by atoms with van der Waals surface area (Å²) in [4.78, 5) is 48.1. The minimum absolute atomic E-state index is 0.0156. The summed E-state index contributed by atoms with van der Waals surface area (Å²) < 4.78 is 51.1. The molecule has 0 bridgehead atoms. The van der Waals surface area contributed by atoms with Crippen LogP contribution in [0.15, 0.2) is 18.2 Å². The van der Waals surface area contributed by atoms with E-state index in [1.54, 1.807) is 6.92 Å². The van der Waals surface area contributed by atoms with Gasteiger partial charge in [0.15, 0.2) is 0 Å². The van der Waals surface area contributed by atoms with Crippen LogP contribution in [-0.2, 0) is 34.1 Å². The maximum Gasteiger partial charge on any atom is 0.573 e. The summed E-state index contributed by atoms with van der Waals surface area (Å²) in [5.74, 6) is -6.74. The number of fused-ring (bicyclic) bond motifs is 3. The third-order valence-electron chi connectivity index (χ3n) is 5.65. The van der Waals surface area contributed by atoms with Gasteiger partial charge < -0.3 is 14.2 Å². The molecule has 1 aliphatic carbocycles. The zero-order chi connectivity index (χ0) is 20.4. The number of carbonyl (C=O) groups is 4. The molecule has 4 unspecified atom stereocenters. The number of hydrogen-bond acceptors (Lipinski definition) is 7. The van der Waals surface area contributed by atoms with Crippen LogP contribution >= 0.6 is 0 Å². The number of halogens is 3. The van der Waals surface area contributed by atoms with Crippen molar-refractivity contribution in [1.29, 1.82) is 0 Å². The Morgan fingerprint density at radius 3 is 2.39 bits per heavy atom. The van der Waals surface area contributed by atoms with Gasteiger partial charge >= 0.3 is 30.2 Å². The highest BCUT2D eigenvalue weighted by Gasteiger charge is 2.58. The van der Waals surface area contributed by atoms with Crippen LogP contribution in [0.2, 0.25) is 0 Å². The van der Waals surface area contributed by atoms with Crippen molar-refractivity contribution < 1.29 is 46.6 Å². The Labute approximate surface area is 155 Å². The molecule has 3 aliphatic rings. The number of rotatable bonds is 2. The van der Waals surface area contributed by atoms with Gasteiger partial charge in [0.1, 0.15) is 5.75 Å². The van der Waals surface area contributed by atoms with Crippen molar-refractivity contribution in [1.82, 2.24) is 0 Å². The van der Waals surface area contributed by atoms with Gasteiger partial charge in [-0.25, -0.2) is 0 Å².